The number of ether oxygens (including phenoxy) is 1. The van der Waals surface area contributed by atoms with E-state index in [-0.39, 0.29) is 23.7 Å². The first-order chi connectivity index (χ1) is 14.7. The number of aromatic nitrogens is 1. The largest absolute Gasteiger partial charge is 0.469 e. The summed E-state index contributed by atoms with van der Waals surface area (Å²) in [5, 5.41) is 0. The third kappa shape index (κ3) is 4.75. The average Bonchev–Trinajstić information content (AvgIpc) is 3.31. The lowest BCUT2D eigenvalue weighted by molar-refractivity contribution is -0.117. The van der Waals surface area contributed by atoms with E-state index in [1.165, 1.54) is 24.4 Å². The molecule has 2 amide bonds. The molecular weight excluding hydrogens is 432 g/mol. The molecule has 10 nitrogen and oxygen atoms in total. The number of carbonyl (C=O) groups is 2. The first kappa shape index (κ1) is 21.4. The highest BCUT2D eigenvalue weighted by Gasteiger charge is 2.34. The Kier molecular flexibility index (Phi) is 5.76. The number of halogens is 1. The van der Waals surface area contributed by atoms with Crippen molar-refractivity contribution in [2.45, 2.75) is 18.9 Å². The number of phosphoric acid groups is 1. The lowest BCUT2D eigenvalue weighted by Crippen LogP contribution is -2.25. The number of amides is 2. The average molecular weight is 451 g/mol. The number of cyclic esters (lactones) is 1. The van der Waals surface area contributed by atoms with Crippen LogP contribution in [-0.2, 0) is 18.6 Å². The van der Waals surface area contributed by atoms with Crippen LogP contribution in [0.5, 0.6) is 0 Å². The van der Waals surface area contributed by atoms with Crippen molar-refractivity contribution >= 4 is 31.3 Å². The second-order valence-electron chi connectivity index (χ2n) is 7.12. The van der Waals surface area contributed by atoms with Crippen molar-refractivity contribution in [1.29, 1.82) is 0 Å². The molecule has 31 heavy (non-hydrogen) atoms. The van der Waals surface area contributed by atoms with Gasteiger partial charge in [-0.2, -0.15) is 0 Å². The molecule has 1 atom stereocenters. The molecule has 164 valence electrons. The first-order valence-electron chi connectivity index (χ1n) is 9.46. The fourth-order valence-electron chi connectivity index (χ4n) is 3.50. The fourth-order valence-corrected chi connectivity index (χ4v) is 3.86. The number of anilines is 2. The number of rotatable bonds is 6. The molecule has 0 unspecified atom stereocenters. The Bertz CT molecular complexity index is 1060. The Balaban J connectivity index is 1.47. The van der Waals surface area contributed by atoms with Gasteiger partial charge in [0.25, 0.3) is 0 Å². The van der Waals surface area contributed by atoms with E-state index in [4.69, 9.17) is 14.5 Å². The Morgan fingerprint density at radius 3 is 2.65 bits per heavy atom. The zero-order valence-electron chi connectivity index (χ0n) is 16.2. The van der Waals surface area contributed by atoms with Crippen molar-refractivity contribution in [2.24, 2.45) is 0 Å². The van der Waals surface area contributed by atoms with E-state index in [2.05, 4.69) is 9.51 Å². The molecule has 2 saturated heterocycles. The van der Waals surface area contributed by atoms with E-state index in [1.54, 1.807) is 17.0 Å². The molecule has 1 aromatic heterocycles. The standard InChI is InChI=1S/C19H19FN3O7P/c20-16-8-13(23-10-14(30-19(23)25)11-29-31(26,27)28)4-5-15(16)12-3-6-17(21-9-12)22-7-1-2-18(22)24/h3-6,8-9,14H,1-2,7,10-11H2,(H2,26,27,28)/t14-/m1/s1. The van der Waals surface area contributed by atoms with Gasteiger partial charge in [0, 0.05) is 30.3 Å². The van der Waals surface area contributed by atoms with Crippen LogP contribution < -0.4 is 9.80 Å². The van der Waals surface area contributed by atoms with Crippen molar-refractivity contribution in [3.63, 3.8) is 0 Å². The van der Waals surface area contributed by atoms with E-state index in [0.29, 0.717) is 24.3 Å². The van der Waals surface area contributed by atoms with Crippen LogP contribution in [0.3, 0.4) is 0 Å². The van der Waals surface area contributed by atoms with E-state index < -0.39 is 32.4 Å². The number of hydrogen-bond donors (Lipinski definition) is 2. The van der Waals surface area contributed by atoms with Gasteiger partial charge in [0.15, 0.2) is 0 Å². The van der Waals surface area contributed by atoms with Gasteiger partial charge in [-0.1, -0.05) is 0 Å². The molecular formula is C19H19FN3O7P. The summed E-state index contributed by atoms with van der Waals surface area (Å²) in [6.45, 7) is 0.0860. The number of hydrogen-bond acceptors (Lipinski definition) is 6. The normalized spacial score (nSPS) is 19.3. The van der Waals surface area contributed by atoms with Crippen molar-refractivity contribution in [2.75, 3.05) is 29.5 Å². The van der Waals surface area contributed by atoms with Gasteiger partial charge >= 0.3 is 13.9 Å². The maximum atomic E-state index is 14.8. The first-order valence-corrected chi connectivity index (χ1v) is 11.0. The van der Waals surface area contributed by atoms with Gasteiger partial charge in [0.05, 0.1) is 18.8 Å². The molecule has 0 saturated carbocycles. The maximum absolute atomic E-state index is 14.8. The minimum absolute atomic E-state index is 0.0118. The molecule has 2 aromatic rings. The molecule has 0 radical (unpaired) electrons. The predicted octanol–water partition coefficient (Wildman–Crippen LogP) is 2.45. The minimum atomic E-state index is -4.69. The second-order valence-corrected chi connectivity index (χ2v) is 8.36. The number of pyridine rings is 1. The molecule has 0 aliphatic carbocycles. The Hall–Kier alpha value is -2.85. The highest BCUT2D eigenvalue weighted by molar-refractivity contribution is 7.46. The lowest BCUT2D eigenvalue weighted by Gasteiger charge is -2.16. The summed E-state index contributed by atoms with van der Waals surface area (Å²) in [6, 6.07) is 7.53. The number of nitrogens with zero attached hydrogens (tertiary/aromatic N) is 3. The summed E-state index contributed by atoms with van der Waals surface area (Å²) in [5.41, 5.74) is 1.01. The van der Waals surface area contributed by atoms with Crippen molar-refractivity contribution in [3.8, 4) is 11.1 Å². The molecule has 2 N–H and O–H groups in total. The topological polar surface area (TPSA) is 130 Å². The van der Waals surface area contributed by atoms with E-state index >= 15 is 0 Å². The Morgan fingerprint density at radius 1 is 1.23 bits per heavy atom. The number of carbonyl (C=O) groups excluding carboxylic acids is 2. The molecule has 4 rings (SSSR count). The van der Waals surface area contributed by atoms with Gasteiger partial charge in [0.2, 0.25) is 5.91 Å². The zero-order chi connectivity index (χ0) is 22.2. The molecule has 2 aliphatic rings. The molecule has 2 aliphatic heterocycles. The fraction of sp³-hybridized carbons (Fsp3) is 0.316. The van der Waals surface area contributed by atoms with Crippen LogP contribution in [0.4, 0.5) is 20.7 Å². The van der Waals surface area contributed by atoms with E-state index in [1.807, 2.05) is 0 Å². The summed E-state index contributed by atoms with van der Waals surface area (Å²) in [4.78, 5) is 48.4. The van der Waals surface area contributed by atoms with Gasteiger partial charge in [0.1, 0.15) is 17.7 Å². The smallest absolute Gasteiger partial charge is 0.441 e. The summed E-state index contributed by atoms with van der Waals surface area (Å²) in [5.74, 6) is -0.0588. The van der Waals surface area contributed by atoms with Gasteiger partial charge in [-0.05, 0) is 36.8 Å². The van der Waals surface area contributed by atoms with Gasteiger partial charge in [-0.15, -0.1) is 0 Å². The van der Waals surface area contributed by atoms with Crippen molar-refractivity contribution < 1.29 is 37.6 Å². The van der Waals surface area contributed by atoms with E-state index in [0.717, 1.165) is 11.3 Å². The summed E-state index contributed by atoms with van der Waals surface area (Å²) in [7, 11) is -4.69. The lowest BCUT2D eigenvalue weighted by atomic mass is 10.1. The predicted molar refractivity (Wildman–Crippen MR) is 107 cm³/mol. The van der Waals surface area contributed by atoms with Crippen LogP contribution in [-0.4, -0.2) is 52.6 Å². The van der Waals surface area contributed by atoms with Crippen LogP contribution in [0.1, 0.15) is 12.8 Å². The molecule has 3 heterocycles. The molecule has 0 bridgehead atoms. The van der Waals surface area contributed by atoms with Gasteiger partial charge < -0.3 is 14.5 Å². The molecule has 1 aromatic carbocycles. The second kappa shape index (κ2) is 8.35. The summed E-state index contributed by atoms with van der Waals surface area (Å²) >= 11 is 0. The van der Waals surface area contributed by atoms with Gasteiger partial charge in [-0.25, -0.2) is 18.7 Å². The number of benzene rings is 1. The van der Waals surface area contributed by atoms with Crippen LogP contribution in [0, 0.1) is 5.82 Å². The van der Waals surface area contributed by atoms with E-state index in [9.17, 15) is 18.5 Å². The number of phosphoric ester groups is 1. The van der Waals surface area contributed by atoms with Crippen molar-refractivity contribution in [3.05, 3.63) is 42.3 Å². The monoisotopic (exact) mass is 451 g/mol. The third-order valence-electron chi connectivity index (χ3n) is 4.98. The molecule has 2 fully saturated rings. The van der Waals surface area contributed by atoms with Crippen LogP contribution in [0.2, 0.25) is 0 Å². The maximum Gasteiger partial charge on any atom is 0.469 e. The quantitative estimate of drug-likeness (QED) is 0.641. The molecule has 0 spiro atoms. The van der Waals surface area contributed by atoms with Gasteiger partial charge in [-0.3, -0.25) is 19.1 Å². The van der Waals surface area contributed by atoms with Crippen LogP contribution >= 0.6 is 7.82 Å². The summed E-state index contributed by atoms with van der Waals surface area (Å²) in [6.07, 6.45) is 1.09. The SMILES string of the molecule is O=C1O[C@@H](COP(=O)(O)O)CN1c1ccc(-c2ccc(N3CCCC3=O)nc2)c(F)c1. The highest BCUT2D eigenvalue weighted by Crippen LogP contribution is 2.37. The minimum Gasteiger partial charge on any atom is -0.441 e. The van der Waals surface area contributed by atoms with Crippen LogP contribution in [0.15, 0.2) is 36.5 Å². The Morgan fingerprint density at radius 2 is 2.03 bits per heavy atom. The summed E-state index contributed by atoms with van der Waals surface area (Å²) < 4.78 is 34.9. The third-order valence-corrected chi connectivity index (χ3v) is 5.46. The van der Waals surface area contributed by atoms with Crippen molar-refractivity contribution in [1.82, 2.24) is 4.98 Å². The zero-order valence-corrected chi connectivity index (χ0v) is 17.1. The molecule has 12 heteroatoms. The highest BCUT2D eigenvalue weighted by atomic mass is 31.2. The van der Waals surface area contributed by atoms with Crippen LogP contribution in [0.25, 0.3) is 11.1 Å². The Labute approximate surface area is 176 Å².